The fourth-order valence-electron chi connectivity index (χ4n) is 1.61. The van der Waals surface area contributed by atoms with Crippen molar-refractivity contribution >= 4 is 46.6 Å². The highest BCUT2D eigenvalue weighted by Crippen LogP contribution is 2.35. The van der Waals surface area contributed by atoms with Crippen LogP contribution < -0.4 is 5.32 Å². The predicted octanol–water partition coefficient (Wildman–Crippen LogP) is -0.284. The van der Waals surface area contributed by atoms with Gasteiger partial charge in [-0.3, -0.25) is 24.5 Å². The van der Waals surface area contributed by atoms with Gasteiger partial charge < -0.3 is 0 Å². The summed E-state index contributed by atoms with van der Waals surface area (Å²) in [4.78, 5) is 45.4. The molecular formula is C8H3Cl2NO4. The molecule has 0 saturated carbocycles. The fraction of sp³-hybridized carbons (Fsp3) is 0.250. The van der Waals surface area contributed by atoms with Gasteiger partial charge >= 0.3 is 0 Å². The molecule has 0 bridgehead atoms. The van der Waals surface area contributed by atoms with Crippen LogP contribution in [-0.4, -0.2) is 23.4 Å². The number of carbonyl (C=O) groups excluding carboxylic acids is 4. The Hall–Kier alpha value is -1.20. The zero-order chi connectivity index (χ0) is 11.3. The highest BCUT2D eigenvalue weighted by molar-refractivity contribution is 6.58. The maximum Gasteiger partial charge on any atom is 0.238 e. The van der Waals surface area contributed by atoms with Crippen LogP contribution in [0.5, 0.6) is 0 Å². The molecule has 1 saturated heterocycles. The van der Waals surface area contributed by atoms with E-state index >= 15 is 0 Å². The number of amides is 2. The number of nitrogens with one attached hydrogen (secondary N) is 1. The minimum Gasteiger partial charge on any atom is -0.295 e. The van der Waals surface area contributed by atoms with Crippen molar-refractivity contribution in [1.29, 1.82) is 0 Å². The molecule has 15 heavy (non-hydrogen) atoms. The minimum absolute atomic E-state index is 0.479. The Morgan fingerprint density at radius 2 is 1.13 bits per heavy atom. The smallest absolute Gasteiger partial charge is 0.238 e. The van der Waals surface area contributed by atoms with Gasteiger partial charge in [-0.1, -0.05) is 23.2 Å². The first-order valence-electron chi connectivity index (χ1n) is 3.93. The number of ketones is 2. The second-order valence-electron chi connectivity index (χ2n) is 3.17. The van der Waals surface area contributed by atoms with Crippen LogP contribution in [0.4, 0.5) is 0 Å². The Bertz CT molecular complexity index is 414. The van der Waals surface area contributed by atoms with Gasteiger partial charge in [0.25, 0.3) is 0 Å². The molecule has 2 atom stereocenters. The minimum atomic E-state index is -1.35. The van der Waals surface area contributed by atoms with Gasteiger partial charge in [0.1, 0.15) is 21.9 Å². The third kappa shape index (κ3) is 1.23. The quantitative estimate of drug-likeness (QED) is 0.472. The molecule has 0 aromatic rings. The van der Waals surface area contributed by atoms with Crippen LogP contribution in [-0.2, 0) is 19.2 Å². The van der Waals surface area contributed by atoms with E-state index in [0.29, 0.717) is 0 Å². The molecule has 0 aromatic heterocycles. The van der Waals surface area contributed by atoms with Crippen LogP contribution in [0.25, 0.3) is 0 Å². The van der Waals surface area contributed by atoms with Crippen molar-refractivity contribution in [2.45, 2.75) is 0 Å². The highest BCUT2D eigenvalue weighted by atomic mass is 35.5. The van der Waals surface area contributed by atoms with Crippen LogP contribution in [0.2, 0.25) is 0 Å². The third-order valence-corrected chi connectivity index (χ3v) is 3.18. The highest BCUT2D eigenvalue weighted by Gasteiger charge is 2.54. The molecule has 2 amide bonds. The molecule has 78 valence electrons. The van der Waals surface area contributed by atoms with Crippen molar-refractivity contribution in [2.75, 3.05) is 0 Å². The summed E-state index contributed by atoms with van der Waals surface area (Å²) in [5, 5.41) is 0.939. The number of halogens is 2. The van der Waals surface area contributed by atoms with Gasteiger partial charge in [-0.25, -0.2) is 0 Å². The zero-order valence-electron chi connectivity index (χ0n) is 7.04. The van der Waals surface area contributed by atoms with Crippen molar-refractivity contribution in [3.8, 4) is 0 Å². The molecule has 7 heteroatoms. The van der Waals surface area contributed by atoms with Crippen molar-refractivity contribution < 1.29 is 19.2 Å². The van der Waals surface area contributed by atoms with E-state index in [4.69, 9.17) is 23.2 Å². The molecule has 2 aliphatic rings. The Labute approximate surface area is 93.4 Å². The van der Waals surface area contributed by atoms with Gasteiger partial charge in [0.2, 0.25) is 11.8 Å². The maximum absolute atomic E-state index is 11.5. The summed E-state index contributed by atoms with van der Waals surface area (Å²) in [7, 11) is 0. The first-order valence-corrected chi connectivity index (χ1v) is 4.69. The van der Waals surface area contributed by atoms with Gasteiger partial charge in [0, 0.05) is 0 Å². The number of carbonyl (C=O) groups is 4. The Morgan fingerprint density at radius 3 is 1.47 bits per heavy atom. The fourth-order valence-corrected chi connectivity index (χ4v) is 2.03. The average Bonchev–Trinajstić information content (AvgIpc) is 2.47. The lowest BCUT2D eigenvalue weighted by Crippen LogP contribution is -2.37. The third-order valence-electron chi connectivity index (χ3n) is 2.33. The average molecular weight is 248 g/mol. The van der Waals surface area contributed by atoms with Crippen LogP contribution in [0, 0.1) is 11.8 Å². The summed E-state index contributed by atoms with van der Waals surface area (Å²) >= 11 is 11.0. The second kappa shape index (κ2) is 3.15. The number of hydrogen-bond acceptors (Lipinski definition) is 4. The van der Waals surface area contributed by atoms with Crippen molar-refractivity contribution in [1.82, 2.24) is 5.32 Å². The molecule has 1 fully saturated rings. The summed E-state index contributed by atoms with van der Waals surface area (Å²) < 4.78 is 0. The van der Waals surface area contributed by atoms with Crippen LogP contribution >= 0.6 is 23.2 Å². The molecule has 1 heterocycles. The normalized spacial score (nSPS) is 30.8. The maximum atomic E-state index is 11.5. The molecule has 0 aromatic carbocycles. The Balaban J connectivity index is 2.59. The number of Topliss-reactive ketones (excluding diaryl/α,β-unsaturated/α-hetero) is 2. The largest absolute Gasteiger partial charge is 0.295 e. The molecule has 1 aliphatic carbocycles. The van der Waals surface area contributed by atoms with E-state index in [9.17, 15) is 19.2 Å². The van der Waals surface area contributed by atoms with Crippen LogP contribution in [0.1, 0.15) is 0 Å². The standard InChI is InChI=1S/C8H3Cl2NO4/c9-3-4(10)6(13)2-1(5(3)12)7(14)11-8(2)15/h1-2H,(H,11,14,15). The van der Waals surface area contributed by atoms with Crippen LogP contribution in [0.15, 0.2) is 10.1 Å². The van der Waals surface area contributed by atoms with Crippen molar-refractivity contribution in [2.24, 2.45) is 11.8 Å². The van der Waals surface area contributed by atoms with E-state index < -0.39 is 45.3 Å². The lowest BCUT2D eigenvalue weighted by Gasteiger charge is -2.18. The summed E-state index contributed by atoms with van der Waals surface area (Å²) in [6.45, 7) is 0. The molecule has 1 N–H and O–H groups in total. The first kappa shape index (κ1) is 10.3. The Kier molecular flexibility index (Phi) is 2.17. The Morgan fingerprint density at radius 1 is 0.800 bits per heavy atom. The van der Waals surface area contributed by atoms with Gasteiger partial charge in [0.15, 0.2) is 11.6 Å². The lowest BCUT2D eigenvalue weighted by atomic mass is 9.83. The number of fused-ring (bicyclic) bond motifs is 1. The van der Waals surface area contributed by atoms with E-state index in [0.717, 1.165) is 0 Å². The number of hydrogen-bond donors (Lipinski definition) is 1. The van der Waals surface area contributed by atoms with Crippen molar-refractivity contribution in [3.05, 3.63) is 10.1 Å². The summed E-state index contributed by atoms with van der Waals surface area (Å²) in [5.74, 6) is -5.86. The summed E-state index contributed by atoms with van der Waals surface area (Å²) in [6.07, 6.45) is 0. The van der Waals surface area contributed by atoms with Gasteiger partial charge in [-0.2, -0.15) is 0 Å². The van der Waals surface area contributed by atoms with E-state index in [1.54, 1.807) is 0 Å². The van der Waals surface area contributed by atoms with Crippen LogP contribution in [0.3, 0.4) is 0 Å². The lowest BCUT2D eigenvalue weighted by molar-refractivity contribution is -0.137. The monoisotopic (exact) mass is 247 g/mol. The number of allylic oxidation sites excluding steroid dienone is 2. The summed E-state index contributed by atoms with van der Waals surface area (Å²) in [5.41, 5.74) is 0. The SMILES string of the molecule is O=C1NC(=O)C2C(=O)C(Cl)=C(Cl)C(=O)C12. The molecule has 5 nitrogen and oxygen atoms in total. The molecule has 2 rings (SSSR count). The predicted molar refractivity (Wildman–Crippen MR) is 48.9 cm³/mol. The zero-order valence-corrected chi connectivity index (χ0v) is 8.56. The van der Waals surface area contributed by atoms with E-state index in [-0.39, 0.29) is 0 Å². The van der Waals surface area contributed by atoms with E-state index in [2.05, 4.69) is 0 Å². The topological polar surface area (TPSA) is 80.3 Å². The van der Waals surface area contributed by atoms with E-state index in [1.165, 1.54) is 0 Å². The van der Waals surface area contributed by atoms with Crippen molar-refractivity contribution in [3.63, 3.8) is 0 Å². The molecule has 0 radical (unpaired) electrons. The number of imide groups is 1. The molecule has 0 spiro atoms. The molecular weight excluding hydrogens is 245 g/mol. The van der Waals surface area contributed by atoms with Gasteiger partial charge in [0.05, 0.1) is 0 Å². The molecule has 1 aliphatic heterocycles. The second-order valence-corrected chi connectivity index (χ2v) is 3.92. The van der Waals surface area contributed by atoms with Gasteiger partial charge in [-0.05, 0) is 0 Å². The summed E-state index contributed by atoms with van der Waals surface area (Å²) in [6, 6.07) is 0. The van der Waals surface area contributed by atoms with Gasteiger partial charge in [-0.15, -0.1) is 0 Å². The van der Waals surface area contributed by atoms with E-state index in [1.807, 2.05) is 5.32 Å². The first-order chi connectivity index (χ1) is 6.95. The molecule has 2 unspecified atom stereocenters. The number of rotatable bonds is 0.